The third-order valence-corrected chi connectivity index (χ3v) is 7.31. The van der Waals surface area contributed by atoms with Gasteiger partial charge in [-0.1, -0.05) is 65.1 Å². The van der Waals surface area contributed by atoms with Crippen LogP contribution in [0.25, 0.3) is 0 Å². The number of amides is 2. The van der Waals surface area contributed by atoms with Crippen molar-refractivity contribution in [3.63, 3.8) is 0 Å². The molecule has 1 aliphatic rings. The Morgan fingerprint density at radius 2 is 1.72 bits per heavy atom. The van der Waals surface area contributed by atoms with E-state index in [1.54, 1.807) is 6.07 Å². The van der Waals surface area contributed by atoms with E-state index < -0.39 is 40.0 Å². The standard InChI is InChI=1S/C28H23Cl3F4N2O2/c1-15(38)36-26-23(31)13-22(30)25(32)24(26)27(39)37(10-9-16-3-2-4-20(11-16)28(33,34)35)14-19-8-7-18(12-21(19)29)17-5-6-17/h2-4,7-8,11-13,17H,5-6,9-10,14H2,1H3,(H,36,38). The Balaban J connectivity index is 1.71. The highest BCUT2D eigenvalue weighted by atomic mass is 35.5. The van der Waals surface area contributed by atoms with Gasteiger partial charge in [0.1, 0.15) is 5.56 Å². The van der Waals surface area contributed by atoms with Gasteiger partial charge in [-0.25, -0.2) is 4.39 Å². The molecule has 11 heteroatoms. The minimum Gasteiger partial charge on any atom is -0.334 e. The first kappa shape index (κ1) is 29.2. The second-order valence-electron chi connectivity index (χ2n) is 9.39. The van der Waals surface area contributed by atoms with Crippen LogP contribution in [0.3, 0.4) is 0 Å². The molecule has 0 atom stereocenters. The maximum Gasteiger partial charge on any atom is 0.416 e. The van der Waals surface area contributed by atoms with Gasteiger partial charge in [-0.3, -0.25) is 9.59 Å². The zero-order chi connectivity index (χ0) is 28.5. The van der Waals surface area contributed by atoms with Crippen molar-refractivity contribution in [2.45, 2.75) is 44.8 Å². The Bertz CT molecular complexity index is 1420. The van der Waals surface area contributed by atoms with E-state index in [0.29, 0.717) is 22.1 Å². The fourth-order valence-electron chi connectivity index (χ4n) is 4.24. The summed E-state index contributed by atoms with van der Waals surface area (Å²) in [7, 11) is 0. The topological polar surface area (TPSA) is 49.4 Å². The Morgan fingerprint density at radius 3 is 2.33 bits per heavy atom. The normalized spacial score (nSPS) is 13.3. The maximum absolute atomic E-state index is 15.3. The number of carbonyl (C=O) groups is 2. The fourth-order valence-corrected chi connectivity index (χ4v) is 5.00. The van der Waals surface area contributed by atoms with Gasteiger partial charge in [0.2, 0.25) is 5.91 Å². The van der Waals surface area contributed by atoms with Crippen LogP contribution < -0.4 is 5.32 Å². The highest BCUT2D eigenvalue weighted by molar-refractivity contribution is 6.38. The number of nitrogens with one attached hydrogen (secondary N) is 1. The van der Waals surface area contributed by atoms with Crippen molar-refractivity contribution in [2.75, 3.05) is 11.9 Å². The lowest BCUT2D eigenvalue weighted by molar-refractivity contribution is -0.137. The first-order valence-electron chi connectivity index (χ1n) is 12.0. The lowest BCUT2D eigenvalue weighted by atomic mass is 10.0. The molecule has 0 bridgehead atoms. The Kier molecular flexibility index (Phi) is 8.78. The van der Waals surface area contributed by atoms with Crippen molar-refractivity contribution in [1.82, 2.24) is 4.90 Å². The number of benzene rings is 3. The van der Waals surface area contributed by atoms with Gasteiger partial charge < -0.3 is 10.2 Å². The molecule has 0 aliphatic heterocycles. The molecular weight excluding hydrogens is 579 g/mol. The third-order valence-electron chi connectivity index (χ3n) is 6.39. The van der Waals surface area contributed by atoms with Gasteiger partial charge in [0.05, 0.1) is 21.3 Å². The molecule has 1 N–H and O–H groups in total. The maximum atomic E-state index is 15.3. The molecule has 0 radical (unpaired) electrons. The van der Waals surface area contributed by atoms with Crippen molar-refractivity contribution in [3.8, 4) is 0 Å². The largest absolute Gasteiger partial charge is 0.416 e. The molecule has 1 saturated carbocycles. The molecular formula is C28H23Cl3F4N2O2. The quantitative estimate of drug-likeness (QED) is 0.208. The molecule has 1 fully saturated rings. The zero-order valence-corrected chi connectivity index (χ0v) is 22.9. The van der Waals surface area contributed by atoms with Gasteiger partial charge in [-0.05, 0) is 60.1 Å². The van der Waals surface area contributed by atoms with E-state index in [4.69, 9.17) is 34.8 Å². The molecule has 4 nitrogen and oxygen atoms in total. The molecule has 39 heavy (non-hydrogen) atoms. The van der Waals surface area contributed by atoms with Crippen LogP contribution in [0.5, 0.6) is 0 Å². The van der Waals surface area contributed by atoms with Crippen LogP contribution in [0, 0.1) is 5.82 Å². The molecule has 3 aromatic rings. The van der Waals surface area contributed by atoms with Gasteiger partial charge in [-0.15, -0.1) is 0 Å². The minimum atomic E-state index is -4.53. The van der Waals surface area contributed by atoms with E-state index in [2.05, 4.69) is 5.32 Å². The van der Waals surface area contributed by atoms with Crippen molar-refractivity contribution in [2.24, 2.45) is 0 Å². The molecule has 1 aliphatic carbocycles. The van der Waals surface area contributed by atoms with Crippen molar-refractivity contribution < 1.29 is 27.2 Å². The SMILES string of the molecule is CC(=O)Nc1c(Cl)cc(Cl)c(F)c1C(=O)N(CCc1cccc(C(F)(F)F)c1)Cc1ccc(C2CC2)cc1Cl. The van der Waals surface area contributed by atoms with E-state index in [1.165, 1.54) is 24.0 Å². The smallest absolute Gasteiger partial charge is 0.334 e. The average molecular weight is 602 g/mol. The number of carbonyl (C=O) groups excluding carboxylic acids is 2. The Labute approximate surface area is 237 Å². The summed E-state index contributed by atoms with van der Waals surface area (Å²) >= 11 is 18.7. The van der Waals surface area contributed by atoms with Crippen LogP contribution >= 0.6 is 34.8 Å². The van der Waals surface area contributed by atoms with Crippen molar-refractivity contribution >= 4 is 52.3 Å². The van der Waals surface area contributed by atoms with Crippen molar-refractivity contribution in [1.29, 1.82) is 0 Å². The number of nitrogens with zero attached hydrogens (tertiary/aromatic N) is 1. The van der Waals surface area contributed by atoms with Crippen LogP contribution in [0.4, 0.5) is 23.2 Å². The highest BCUT2D eigenvalue weighted by Gasteiger charge is 2.31. The monoisotopic (exact) mass is 600 g/mol. The summed E-state index contributed by atoms with van der Waals surface area (Å²) in [6.45, 7) is 0.998. The predicted octanol–water partition coefficient (Wildman–Crippen LogP) is 8.53. The fraction of sp³-hybridized carbons (Fsp3) is 0.286. The minimum absolute atomic E-state index is 0.0266. The summed E-state index contributed by atoms with van der Waals surface area (Å²) in [5, 5.41) is 2.21. The molecule has 0 aromatic heterocycles. The number of rotatable bonds is 8. The molecule has 4 rings (SSSR count). The number of anilines is 1. The van der Waals surface area contributed by atoms with Gasteiger partial charge in [0.25, 0.3) is 5.91 Å². The van der Waals surface area contributed by atoms with Crippen LogP contribution in [0.1, 0.15) is 58.3 Å². The summed E-state index contributed by atoms with van der Waals surface area (Å²) in [6.07, 6.45) is -2.37. The molecule has 0 heterocycles. The summed E-state index contributed by atoms with van der Waals surface area (Å²) in [5.41, 5.74) is 0.328. The molecule has 206 valence electrons. The lowest BCUT2D eigenvalue weighted by Crippen LogP contribution is -2.34. The Morgan fingerprint density at radius 1 is 1.00 bits per heavy atom. The van der Waals surface area contributed by atoms with Gasteiger partial charge in [0.15, 0.2) is 5.82 Å². The third kappa shape index (κ3) is 7.04. The predicted molar refractivity (Wildman–Crippen MR) is 144 cm³/mol. The second-order valence-corrected chi connectivity index (χ2v) is 10.6. The number of hydrogen-bond donors (Lipinski definition) is 1. The summed E-state index contributed by atoms with van der Waals surface area (Å²) < 4.78 is 55.0. The van der Waals surface area contributed by atoms with E-state index in [9.17, 15) is 22.8 Å². The molecule has 0 spiro atoms. The molecule has 2 amide bonds. The first-order valence-corrected chi connectivity index (χ1v) is 13.2. The van der Waals surface area contributed by atoms with Crippen LogP contribution in [0.15, 0.2) is 48.5 Å². The highest BCUT2D eigenvalue weighted by Crippen LogP contribution is 2.41. The van der Waals surface area contributed by atoms with Gasteiger partial charge >= 0.3 is 6.18 Å². The summed E-state index contributed by atoms with van der Waals surface area (Å²) in [4.78, 5) is 26.9. The summed E-state index contributed by atoms with van der Waals surface area (Å²) in [6, 6.07) is 11.3. The number of alkyl halides is 3. The zero-order valence-electron chi connectivity index (χ0n) is 20.6. The van der Waals surface area contributed by atoms with Crippen molar-refractivity contribution in [3.05, 3.63) is 97.2 Å². The first-order chi connectivity index (χ1) is 18.3. The van der Waals surface area contributed by atoms with E-state index in [0.717, 1.165) is 36.6 Å². The second kappa shape index (κ2) is 11.7. The molecule has 0 unspecified atom stereocenters. The van der Waals surface area contributed by atoms with Gasteiger partial charge in [0, 0.05) is 25.0 Å². The van der Waals surface area contributed by atoms with E-state index in [-0.39, 0.29) is 30.2 Å². The number of hydrogen-bond acceptors (Lipinski definition) is 2. The average Bonchev–Trinajstić information content (AvgIpc) is 3.71. The number of halogens is 7. The Hall–Kier alpha value is -2.81. The van der Waals surface area contributed by atoms with Crippen LogP contribution in [-0.4, -0.2) is 23.3 Å². The van der Waals surface area contributed by atoms with Crippen LogP contribution in [0.2, 0.25) is 15.1 Å². The van der Waals surface area contributed by atoms with E-state index >= 15 is 4.39 Å². The lowest BCUT2D eigenvalue weighted by Gasteiger charge is -2.26. The van der Waals surface area contributed by atoms with Crippen LogP contribution in [-0.2, 0) is 23.9 Å². The van der Waals surface area contributed by atoms with Gasteiger partial charge in [-0.2, -0.15) is 13.2 Å². The molecule has 3 aromatic carbocycles. The summed E-state index contributed by atoms with van der Waals surface area (Å²) in [5.74, 6) is -2.11. The molecule has 0 saturated heterocycles. The van der Waals surface area contributed by atoms with E-state index in [1.807, 2.05) is 12.1 Å².